The quantitative estimate of drug-likeness (QED) is 0.917. The first kappa shape index (κ1) is 12.3. The minimum atomic E-state index is -0.147. The lowest BCUT2D eigenvalue weighted by molar-refractivity contribution is 0.102. The standard InChI is InChI=1S/C12H11BrN2OS/c1-7-3-4-9(10(13)5-7)11(16)15-12-14-8(2)6-17-12/h3-6H,1-2H3,(H,14,15,16). The van der Waals surface area contributed by atoms with E-state index in [1.54, 1.807) is 6.07 Å². The molecule has 0 radical (unpaired) electrons. The van der Waals surface area contributed by atoms with Crippen LogP contribution in [-0.2, 0) is 0 Å². The molecule has 5 heteroatoms. The molecule has 1 aromatic carbocycles. The van der Waals surface area contributed by atoms with Gasteiger partial charge in [-0.3, -0.25) is 10.1 Å². The Kier molecular flexibility index (Phi) is 3.59. The van der Waals surface area contributed by atoms with Gasteiger partial charge < -0.3 is 0 Å². The lowest BCUT2D eigenvalue weighted by Gasteiger charge is -2.04. The number of aromatic nitrogens is 1. The van der Waals surface area contributed by atoms with Gasteiger partial charge in [-0.1, -0.05) is 6.07 Å². The van der Waals surface area contributed by atoms with Crippen molar-refractivity contribution in [3.05, 3.63) is 44.9 Å². The van der Waals surface area contributed by atoms with Crippen LogP contribution in [0.15, 0.2) is 28.1 Å². The van der Waals surface area contributed by atoms with Crippen molar-refractivity contribution in [2.45, 2.75) is 13.8 Å². The van der Waals surface area contributed by atoms with Crippen LogP contribution in [0.5, 0.6) is 0 Å². The summed E-state index contributed by atoms with van der Waals surface area (Å²) in [6, 6.07) is 5.63. The Morgan fingerprint density at radius 1 is 1.41 bits per heavy atom. The first-order valence-electron chi connectivity index (χ1n) is 5.06. The molecule has 3 nitrogen and oxygen atoms in total. The summed E-state index contributed by atoms with van der Waals surface area (Å²) >= 11 is 4.81. The highest BCUT2D eigenvalue weighted by molar-refractivity contribution is 9.10. The van der Waals surface area contributed by atoms with Gasteiger partial charge in [0.1, 0.15) is 0 Å². The van der Waals surface area contributed by atoms with Gasteiger partial charge in [0.25, 0.3) is 5.91 Å². The van der Waals surface area contributed by atoms with Crippen molar-refractivity contribution in [1.29, 1.82) is 0 Å². The summed E-state index contributed by atoms with van der Waals surface area (Å²) in [6.07, 6.45) is 0. The van der Waals surface area contributed by atoms with E-state index in [1.165, 1.54) is 11.3 Å². The van der Waals surface area contributed by atoms with Crippen LogP contribution in [-0.4, -0.2) is 10.9 Å². The monoisotopic (exact) mass is 310 g/mol. The second kappa shape index (κ2) is 4.98. The molecule has 88 valence electrons. The van der Waals surface area contributed by atoms with Crippen LogP contribution in [0, 0.1) is 13.8 Å². The normalized spacial score (nSPS) is 10.3. The fourth-order valence-electron chi connectivity index (χ4n) is 1.38. The van der Waals surface area contributed by atoms with Crippen molar-refractivity contribution < 1.29 is 4.79 Å². The number of halogens is 1. The molecule has 0 fully saturated rings. The fourth-order valence-corrected chi connectivity index (χ4v) is 2.74. The zero-order valence-electron chi connectivity index (χ0n) is 9.45. The lowest BCUT2D eigenvalue weighted by Crippen LogP contribution is -2.12. The number of hydrogen-bond donors (Lipinski definition) is 1. The third-order valence-corrected chi connectivity index (χ3v) is 3.74. The molecule has 0 atom stereocenters. The maximum Gasteiger partial charge on any atom is 0.258 e. The largest absolute Gasteiger partial charge is 0.298 e. The number of nitrogens with zero attached hydrogens (tertiary/aromatic N) is 1. The van der Waals surface area contributed by atoms with Crippen molar-refractivity contribution in [3.63, 3.8) is 0 Å². The first-order valence-corrected chi connectivity index (χ1v) is 6.73. The number of benzene rings is 1. The van der Waals surface area contributed by atoms with Crippen LogP contribution < -0.4 is 5.32 Å². The molecule has 0 saturated heterocycles. The number of nitrogens with one attached hydrogen (secondary N) is 1. The van der Waals surface area contributed by atoms with E-state index in [4.69, 9.17) is 0 Å². The summed E-state index contributed by atoms with van der Waals surface area (Å²) in [5.74, 6) is -0.147. The van der Waals surface area contributed by atoms with E-state index in [0.717, 1.165) is 15.7 Å². The third kappa shape index (κ3) is 2.92. The summed E-state index contributed by atoms with van der Waals surface area (Å²) in [6.45, 7) is 3.88. The number of hydrogen-bond acceptors (Lipinski definition) is 3. The van der Waals surface area contributed by atoms with Gasteiger partial charge in [0.05, 0.1) is 11.3 Å². The molecule has 2 rings (SSSR count). The topological polar surface area (TPSA) is 42.0 Å². The summed E-state index contributed by atoms with van der Waals surface area (Å²) in [4.78, 5) is 16.2. The van der Waals surface area contributed by atoms with E-state index in [1.807, 2.05) is 31.4 Å². The van der Waals surface area contributed by atoms with Gasteiger partial charge in [-0.25, -0.2) is 4.98 Å². The van der Waals surface area contributed by atoms with Crippen molar-refractivity contribution in [2.75, 3.05) is 5.32 Å². The Bertz CT molecular complexity index is 565. The van der Waals surface area contributed by atoms with Crippen molar-refractivity contribution in [3.8, 4) is 0 Å². The molecular formula is C12H11BrN2OS. The maximum absolute atomic E-state index is 12.0. The van der Waals surface area contributed by atoms with E-state index in [0.29, 0.717) is 10.7 Å². The molecule has 0 saturated carbocycles. The van der Waals surface area contributed by atoms with E-state index < -0.39 is 0 Å². The molecule has 1 amide bonds. The second-order valence-electron chi connectivity index (χ2n) is 3.73. The number of rotatable bonds is 2. The third-order valence-electron chi connectivity index (χ3n) is 2.21. The van der Waals surface area contributed by atoms with Gasteiger partial charge in [-0.05, 0) is 47.5 Å². The predicted octanol–water partition coefficient (Wildman–Crippen LogP) is 3.77. The minimum Gasteiger partial charge on any atom is -0.298 e. The molecule has 1 aromatic heterocycles. The predicted molar refractivity (Wildman–Crippen MR) is 73.7 cm³/mol. The molecule has 1 N–H and O–H groups in total. The second-order valence-corrected chi connectivity index (χ2v) is 5.44. The molecule has 0 unspecified atom stereocenters. The van der Waals surface area contributed by atoms with Gasteiger partial charge >= 0.3 is 0 Å². The van der Waals surface area contributed by atoms with E-state index >= 15 is 0 Å². The molecule has 2 aromatic rings. The number of thiazole rings is 1. The number of aryl methyl sites for hydroxylation is 2. The van der Waals surface area contributed by atoms with Crippen LogP contribution in [0.25, 0.3) is 0 Å². The van der Waals surface area contributed by atoms with Gasteiger partial charge in [-0.2, -0.15) is 0 Å². The minimum absolute atomic E-state index is 0.147. The van der Waals surface area contributed by atoms with Crippen LogP contribution in [0.3, 0.4) is 0 Å². The summed E-state index contributed by atoms with van der Waals surface area (Å²) in [5.41, 5.74) is 2.63. The fraction of sp³-hybridized carbons (Fsp3) is 0.167. The summed E-state index contributed by atoms with van der Waals surface area (Å²) in [5, 5.41) is 5.31. The number of anilines is 1. The molecule has 0 aliphatic carbocycles. The average Bonchev–Trinajstić information content (AvgIpc) is 2.63. The SMILES string of the molecule is Cc1ccc(C(=O)Nc2nc(C)cs2)c(Br)c1. The van der Waals surface area contributed by atoms with Gasteiger partial charge in [0.2, 0.25) is 0 Å². The van der Waals surface area contributed by atoms with Crippen LogP contribution in [0.1, 0.15) is 21.6 Å². The molecule has 0 aliphatic rings. The molecule has 0 bridgehead atoms. The Labute approximate surface area is 112 Å². The Balaban J connectivity index is 2.20. The van der Waals surface area contributed by atoms with Crippen molar-refractivity contribution >= 4 is 38.3 Å². The van der Waals surface area contributed by atoms with Gasteiger partial charge in [-0.15, -0.1) is 11.3 Å². The summed E-state index contributed by atoms with van der Waals surface area (Å²) < 4.78 is 0.795. The molecule has 17 heavy (non-hydrogen) atoms. The molecule has 0 aliphatic heterocycles. The Hall–Kier alpha value is -1.20. The van der Waals surface area contributed by atoms with Crippen molar-refractivity contribution in [2.24, 2.45) is 0 Å². The zero-order chi connectivity index (χ0) is 12.4. The smallest absolute Gasteiger partial charge is 0.258 e. The molecule has 0 spiro atoms. The number of carbonyl (C=O) groups excluding carboxylic acids is 1. The molecular weight excluding hydrogens is 300 g/mol. The zero-order valence-corrected chi connectivity index (χ0v) is 11.9. The van der Waals surface area contributed by atoms with E-state index in [-0.39, 0.29) is 5.91 Å². The van der Waals surface area contributed by atoms with E-state index in [2.05, 4.69) is 26.2 Å². The number of amides is 1. The average molecular weight is 311 g/mol. The Morgan fingerprint density at radius 2 is 2.18 bits per heavy atom. The van der Waals surface area contributed by atoms with Crippen LogP contribution in [0.2, 0.25) is 0 Å². The lowest BCUT2D eigenvalue weighted by atomic mass is 10.1. The molecule has 1 heterocycles. The summed E-state index contributed by atoms with van der Waals surface area (Å²) in [7, 11) is 0. The van der Waals surface area contributed by atoms with Crippen LogP contribution in [0.4, 0.5) is 5.13 Å². The first-order chi connectivity index (χ1) is 8.06. The Morgan fingerprint density at radius 3 is 2.76 bits per heavy atom. The highest BCUT2D eigenvalue weighted by Gasteiger charge is 2.11. The van der Waals surface area contributed by atoms with Crippen LogP contribution >= 0.6 is 27.3 Å². The highest BCUT2D eigenvalue weighted by Crippen LogP contribution is 2.21. The maximum atomic E-state index is 12.0. The van der Waals surface area contributed by atoms with E-state index in [9.17, 15) is 4.79 Å². The van der Waals surface area contributed by atoms with Gasteiger partial charge in [0, 0.05) is 9.85 Å². The van der Waals surface area contributed by atoms with Crippen molar-refractivity contribution in [1.82, 2.24) is 4.98 Å². The number of carbonyl (C=O) groups is 1. The highest BCUT2D eigenvalue weighted by atomic mass is 79.9. The van der Waals surface area contributed by atoms with Gasteiger partial charge in [0.15, 0.2) is 5.13 Å².